The molecule has 1 atom stereocenters. The van der Waals surface area contributed by atoms with E-state index in [2.05, 4.69) is 10.3 Å². The fourth-order valence-electron chi connectivity index (χ4n) is 5.51. The third kappa shape index (κ3) is 4.38. The van der Waals surface area contributed by atoms with Crippen LogP contribution in [0.25, 0.3) is 33.5 Å². The van der Waals surface area contributed by atoms with Crippen LogP contribution in [0.1, 0.15) is 21.6 Å². The first-order chi connectivity index (χ1) is 19.5. The van der Waals surface area contributed by atoms with E-state index in [1.54, 1.807) is 32.4 Å². The van der Waals surface area contributed by atoms with E-state index in [0.717, 1.165) is 27.6 Å². The average Bonchev–Trinajstić information content (AvgIpc) is 3.58. The summed E-state index contributed by atoms with van der Waals surface area (Å²) in [6.45, 7) is 0.230. The number of hydrogen-bond donors (Lipinski definition) is 3. The number of imidazole rings is 1. The number of hydrogen-bond acceptors (Lipinski definition) is 5. The van der Waals surface area contributed by atoms with Crippen LogP contribution in [0.15, 0.2) is 66.9 Å². The minimum Gasteiger partial charge on any atom is -0.493 e. The number of aromatic amines is 1. The molecule has 0 saturated carbocycles. The maximum atomic E-state index is 15.2. The Morgan fingerprint density at radius 3 is 2.62 bits per heavy atom. The molecule has 0 bridgehead atoms. The van der Waals surface area contributed by atoms with Crippen LogP contribution in [-0.2, 0) is 19.4 Å². The number of aliphatic hydroxyl groups is 1. The number of carbonyl (C=O) groups excluding carboxylic acids is 1. The quantitative estimate of drug-likeness (QED) is 0.264. The number of amides is 1. The molecule has 0 fully saturated rings. The van der Waals surface area contributed by atoms with Gasteiger partial charge in [-0.2, -0.15) is 0 Å². The van der Waals surface area contributed by atoms with E-state index in [0.29, 0.717) is 42.4 Å². The van der Waals surface area contributed by atoms with Crippen molar-refractivity contribution in [2.24, 2.45) is 0 Å². The number of rotatable bonds is 8. The lowest BCUT2D eigenvalue weighted by molar-refractivity contribution is 0.0912. The van der Waals surface area contributed by atoms with E-state index in [4.69, 9.17) is 14.5 Å². The number of nitrogens with zero attached hydrogens (tertiary/aromatic N) is 2. The monoisotopic (exact) mass is 540 g/mol. The average molecular weight is 541 g/mol. The predicted molar refractivity (Wildman–Crippen MR) is 150 cm³/mol. The minimum atomic E-state index is -0.574. The molecule has 40 heavy (non-hydrogen) atoms. The molecule has 1 unspecified atom stereocenters. The van der Waals surface area contributed by atoms with Crippen LogP contribution in [0.4, 0.5) is 4.39 Å². The normalized spacial score (nSPS) is 13.0. The highest BCUT2D eigenvalue weighted by molar-refractivity contribution is 6.00. The number of H-pyrrole nitrogens is 1. The SMILES string of the molecule is COc1cc2c(cc1OC)-c1nc(C(=O)NC(CO)Cc3c[nH]c4ccccc34)c(-c3ccccc3F)n1CC2. The molecule has 8 nitrogen and oxygen atoms in total. The minimum absolute atomic E-state index is 0.0973. The number of para-hydroxylation sites is 1. The molecule has 9 heteroatoms. The van der Waals surface area contributed by atoms with Crippen molar-refractivity contribution in [1.29, 1.82) is 0 Å². The lowest BCUT2D eigenvalue weighted by Gasteiger charge is -2.22. The number of aromatic nitrogens is 3. The van der Waals surface area contributed by atoms with Gasteiger partial charge in [-0.15, -0.1) is 0 Å². The van der Waals surface area contributed by atoms with Crippen molar-refractivity contribution >= 4 is 16.8 Å². The summed E-state index contributed by atoms with van der Waals surface area (Å²) in [5.41, 5.74) is 4.52. The van der Waals surface area contributed by atoms with Crippen molar-refractivity contribution in [3.05, 3.63) is 89.5 Å². The van der Waals surface area contributed by atoms with Crippen molar-refractivity contribution in [2.75, 3.05) is 20.8 Å². The Balaban J connectivity index is 1.41. The molecule has 0 radical (unpaired) electrons. The molecule has 6 rings (SSSR count). The molecule has 5 aromatic rings. The molecule has 3 aromatic carbocycles. The van der Waals surface area contributed by atoms with Gasteiger partial charge in [0.1, 0.15) is 11.6 Å². The number of benzene rings is 3. The first-order valence-electron chi connectivity index (χ1n) is 13.1. The Hall–Kier alpha value is -4.63. The summed E-state index contributed by atoms with van der Waals surface area (Å²) >= 11 is 0. The number of fused-ring (bicyclic) bond motifs is 4. The second kappa shape index (κ2) is 10.5. The van der Waals surface area contributed by atoms with Gasteiger partial charge in [-0.3, -0.25) is 4.79 Å². The van der Waals surface area contributed by atoms with E-state index in [9.17, 15) is 9.90 Å². The van der Waals surface area contributed by atoms with Gasteiger partial charge in [-0.05, 0) is 54.3 Å². The standard InChI is InChI=1S/C31H29FN4O4/c1-39-26-14-18-11-12-36-29(22-8-3-5-9-24(22)32)28(35-30(36)23(18)15-27(26)40-2)31(38)34-20(17-37)13-19-16-33-25-10-6-4-7-21(19)25/h3-10,14-16,20,33,37H,11-13,17H2,1-2H3,(H,34,38). The van der Waals surface area contributed by atoms with Crippen molar-refractivity contribution in [1.82, 2.24) is 19.9 Å². The van der Waals surface area contributed by atoms with Crippen LogP contribution in [0, 0.1) is 5.82 Å². The van der Waals surface area contributed by atoms with E-state index in [-0.39, 0.29) is 17.9 Å². The van der Waals surface area contributed by atoms with Crippen molar-refractivity contribution in [3.8, 4) is 34.1 Å². The Morgan fingerprint density at radius 1 is 1.10 bits per heavy atom. The Morgan fingerprint density at radius 2 is 1.85 bits per heavy atom. The third-order valence-corrected chi connectivity index (χ3v) is 7.46. The van der Waals surface area contributed by atoms with Gasteiger partial charge in [0.25, 0.3) is 5.91 Å². The van der Waals surface area contributed by atoms with Crippen LogP contribution < -0.4 is 14.8 Å². The summed E-state index contributed by atoms with van der Waals surface area (Å²) in [6, 6.07) is 17.4. The first-order valence-corrected chi connectivity index (χ1v) is 13.1. The predicted octanol–water partition coefficient (Wildman–Crippen LogP) is 4.74. The molecular weight excluding hydrogens is 511 g/mol. The van der Waals surface area contributed by atoms with Gasteiger partial charge in [-0.1, -0.05) is 30.3 Å². The molecule has 0 saturated heterocycles. The molecule has 3 heterocycles. The summed E-state index contributed by atoms with van der Waals surface area (Å²) in [4.78, 5) is 21.8. The summed E-state index contributed by atoms with van der Waals surface area (Å²) in [5, 5.41) is 14.2. The van der Waals surface area contributed by atoms with Gasteiger partial charge in [-0.25, -0.2) is 9.37 Å². The molecule has 204 valence electrons. The number of halogens is 1. The number of aliphatic hydroxyl groups excluding tert-OH is 1. The molecule has 0 spiro atoms. The molecule has 0 aliphatic carbocycles. The van der Waals surface area contributed by atoms with Gasteiger partial charge < -0.3 is 29.4 Å². The third-order valence-electron chi connectivity index (χ3n) is 7.46. The Bertz CT molecular complexity index is 1720. The lowest BCUT2D eigenvalue weighted by Crippen LogP contribution is -2.39. The van der Waals surface area contributed by atoms with Crippen molar-refractivity contribution < 1.29 is 23.8 Å². The van der Waals surface area contributed by atoms with Gasteiger partial charge in [0.15, 0.2) is 17.2 Å². The van der Waals surface area contributed by atoms with Gasteiger partial charge in [0, 0.05) is 34.8 Å². The summed E-state index contributed by atoms with van der Waals surface area (Å²) < 4.78 is 28.0. The van der Waals surface area contributed by atoms with Gasteiger partial charge in [0.2, 0.25) is 0 Å². The molecule has 1 aliphatic heterocycles. The smallest absolute Gasteiger partial charge is 0.272 e. The van der Waals surface area contributed by atoms with Crippen LogP contribution in [0.5, 0.6) is 11.5 Å². The molecular formula is C31H29FN4O4. The van der Waals surface area contributed by atoms with Crippen LogP contribution >= 0.6 is 0 Å². The van der Waals surface area contributed by atoms with E-state index in [1.807, 2.05) is 47.2 Å². The van der Waals surface area contributed by atoms with Crippen LogP contribution in [-0.4, -0.2) is 52.4 Å². The maximum absolute atomic E-state index is 15.2. The number of methoxy groups -OCH3 is 2. The maximum Gasteiger partial charge on any atom is 0.272 e. The zero-order valence-electron chi connectivity index (χ0n) is 22.2. The second-order valence-corrected chi connectivity index (χ2v) is 9.80. The number of aryl methyl sites for hydroxylation is 1. The largest absolute Gasteiger partial charge is 0.493 e. The first kappa shape index (κ1) is 25.6. The molecule has 3 N–H and O–H groups in total. The van der Waals surface area contributed by atoms with Crippen molar-refractivity contribution in [2.45, 2.75) is 25.4 Å². The fourth-order valence-corrected chi connectivity index (χ4v) is 5.51. The zero-order chi connectivity index (χ0) is 27.8. The topological polar surface area (TPSA) is 101 Å². The molecule has 1 amide bonds. The van der Waals surface area contributed by atoms with E-state index >= 15 is 4.39 Å². The summed E-state index contributed by atoms with van der Waals surface area (Å²) in [7, 11) is 3.15. The number of carbonyl (C=O) groups is 1. The molecule has 2 aromatic heterocycles. The van der Waals surface area contributed by atoms with Gasteiger partial charge in [0.05, 0.1) is 32.6 Å². The zero-order valence-corrected chi connectivity index (χ0v) is 22.2. The number of nitrogens with one attached hydrogen (secondary N) is 2. The Kier molecular flexibility index (Phi) is 6.73. The Labute approximate surface area is 230 Å². The van der Waals surface area contributed by atoms with E-state index in [1.165, 1.54) is 6.07 Å². The second-order valence-electron chi connectivity index (χ2n) is 9.80. The lowest BCUT2D eigenvalue weighted by atomic mass is 9.99. The van der Waals surface area contributed by atoms with Crippen molar-refractivity contribution in [3.63, 3.8) is 0 Å². The highest BCUT2D eigenvalue weighted by Gasteiger charge is 2.31. The highest BCUT2D eigenvalue weighted by Crippen LogP contribution is 2.41. The van der Waals surface area contributed by atoms with E-state index < -0.39 is 17.8 Å². The van der Waals surface area contributed by atoms with Gasteiger partial charge >= 0.3 is 0 Å². The highest BCUT2D eigenvalue weighted by atomic mass is 19.1. The fraction of sp³-hybridized carbons (Fsp3) is 0.226. The number of ether oxygens (including phenoxy) is 2. The summed E-state index contributed by atoms with van der Waals surface area (Å²) in [5.74, 6) is 0.755. The van der Waals surface area contributed by atoms with Crippen LogP contribution in [0.3, 0.4) is 0 Å². The molecule has 1 aliphatic rings. The van der Waals surface area contributed by atoms with Crippen LogP contribution in [0.2, 0.25) is 0 Å². The summed E-state index contributed by atoms with van der Waals surface area (Å²) in [6.07, 6.45) is 2.94.